The second-order valence-corrected chi connectivity index (χ2v) is 2.47. The second kappa shape index (κ2) is 2.64. The molecule has 0 spiro atoms. The van der Waals surface area contributed by atoms with Crippen LogP contribution in [0.25, 0.3) is 0 Å². The Labute approximate surface area is 54.3 Å². The lowest BCUT2D eigenvalue weighted by molar-refractivity contribution is 0.0471. The summed E-state index contributed by atoms with van der Waals surface area (Å²) in [5.41, 5.74) is 0. The maximum absolute atomic E-state index is 9.17. The van der Waals surface area contributed by atoms with Crippen LogP contribution < -0.4 is 0 Å². The number of rotatable bonds is 1. The first-order valence-electron chi connectivity index (χ1n) is 3.16. The zero-order valence-corrected chi connectivity index (χ0v) is 5.45. The van der Waals surface area contributed by atoms with Crippen LogP contribution in [0.3, 0.4) is 0 Å². The van der Waals surface area contributed by atoms with Crippen LogP contribution in [0.15, 0.2) is 0 Å². The van der Waals surface area contributed by atoms with Gasteiger partial charge >= 0.3 is 0 Å². The molecule has 54 valence electrons. The van der Waals surface area contributed by atoms with E-state index in [4.69, 9.17) is 9.84 Å². The number of aliphatic hydroxyl groups is 2. The molecule has 0 aliphatic carbocycles. The molecule has 0 amide bonds. The molecule has 0 unspecified atom stereocenters. The summed E-state index contributed by atoms with van der Waals surface area (Å²) in [6, 6.07) is 0. The summed E-state index contributed by atoms with van der Waals surface area (Å²) in [6.07, 6.45) is -0.586. The fraction of sp³-hybridized carbons (Fsp3) is 1.00. The number of aliphatic hydroxyl groups excluding tert-OH is 2. The van der Waals surface area contributed by atoms with E-state index in [1.54, 1.807) is 6.92 Å². The lowest BCUT2D eigenvalue weighted by Gasteiger charge is -2.10. The molecule has 0 bridgehead atoms. The third-order valence-electron chi connectivity index (χ3n) is 1.77. The minimum absolute atomic E-state index is 0.0194. The molecule has 1 saturated heterocycles. The smallest absolute Gasteiger partial charge is 0.0871 e. The minimum atomic E-state index is -0.477. The Hall–Kier alpha value is -0.120. The van der Waals surface area contributed by atoms with E-state index in [0.29, 0.717) is 6.61 Å². The highest BCUT2D eigenvalue weighted by molar-refractivity contribution is 4.79. The van der Waals surface area contributed by atoms with Crippen LogP contribution in [0.5, 0.6) is 0 Å². The average Bonchev–Trinajstić information content (AvgIpc) is 2.15. The van der Waals surface area contributed by atoms with Gasteiger partial charge in [0.2, 0.25) is 0 Å². The second-order valence-electron chi connectivity index (χ2n) is 2.47. The normalized spacial score (nSPS) is 43.7. The summed E-state index contributed by atoms with van der Waals surface area (Å²) < 4.78 is 5.06. The van der Waals surface area contributed by atoms with Crippen molar-refractivity contribution in [1.82, 2.24) is 0 Å². The van der Waals surface area contributed by atoms with E-state index in [1.807, 2.05) is 0 Å². The summed E-state index contributed by atoms with van der Waals surface area (Å²) in [4.78, 5) is 0. The van der Waals surface area contributed by atoms with Crippen LogP contribution in [0.2, 0.25) is 0 Å². The quantitative estimate of drug-likeness (QED) is 0.499. The molecule has 0 aromatic heterocycles. The average molecular weight is 132 g/mol. The molecule has 1 fully saturated rings. The zero-order chi connectivity index (χ0) is 6.85. The molecule has 3 heteroatoms. The van der Waals surface area contributed by atoms with Crippen LogP contribution in [0, 0.1) is 5.92 Å². The molecule has 1 aliphatic heterocycles. The van der Waals surface area contributed by atoms with Gasteiger partial charge < -0.3 is 14.9 Å². The summed E-state index contributed by atoms with van der Waals surface area (Å²) in [5, 5.41) is 17.8. The van der Waals surface area contributed by atoms with E-state index >= 15 is 0 Å². The van der Waals surface area contributed by atoms with Crippen molar-refractivity contribution in [2.45, 2.75) is 19.1 Å². The van der Waals surface area contributed by atoms with Gasteiger partial charge in [-0.2, -0.15) is 0 Å². The topological polar surface area (TPSA) is 49.7 Å². The lowest BCUT2D eigenvalue weighted by atomic mass is 10.0. The van der Waals surface area contributed by atoms with E-state index in [2.05, 4.69) is 0 Å². The van der Waals surface area contributed by atoms with E-state index in [-0.39, 0.29) is 18.6 Å². The molecule has 2 N–H and O–H groups in total. The largest absolute Gasteiger partial charge is 0.396 e. The highest BCUT2D eigenvalue weighted by Crippen LogP contribution is 2.18. The van der Waals surface area contributed by atoms with Crippen molar-refractivity contribution in [3.05, 3.63) is 0 Å². The minimum Gasteiger partial charge on any atom is -0.396 e. The fourth-order valence-electron chi connectivity index (χ4n) is 1.02. The highest BCUT2D eigenvalue weighted by atomic mass is 16.5. The Morgan fingerprint density at radius 1 is 1.67 bits per heavy atom. The molecular formula is C6H12O3. The molecule has 1 aliphatic rings. The standard InChI is InChI=1S/C6H12O3/c1-4-6(8)5(2-7)3-9-4/h4-8H,2-3H2,1H3/t4-,5-,6-/m0/s1. The summed E-state index contributed by atoms with van der Waals surface area (Å²) >= 11 is 0. The van der Waals surface area contributed by atoms with Crippen LogP contribution in [-0.2, 0) is 4.74 Å². The van der Waals surface area contributed by atoms with Crippen LogP contribution in [0.1, 0.15) is 6.92 Å². The van der Waals surface area contributed by atoms with Crippen LogP contribution in [-0.4, -0.2) is 35.6 Å². The van der Waals surface area contributed by atoms with Gasteiger partial charge in [0.25, 0.3) is 0 Å². The van der Waals surface area contributed by atoms with Gasteiger partial charge in [-0.15, -0.1) is 0 Å². The van der Waals surface area contributed by atoms with Gasteiger partial charge in [-0.05, 0) is 6.92 Å². The first kappa shape index (κ1) is 6.99. The first-order chi connectivity index (χ1) is 4.25. The van der Waals surface area contributed by atoms with Crippen molar-refractivity contribution < 1.29 is 14.9 Å². The van der Waals surface area contributed by atoms with Crippen molar-refractivity contribution in [2.24, 2.45) is 5.92 Å². The highest BCUT2D eigenvalue weighted by Gasteiger charge is 2.31. The van der Waals surface area contributed by atoms with Gasteiger partial charge in [-0.25, -0.2) is 0 Å². The van der Waals surface area contributed by atoms with Crippen LogP contribution in [0.4, 0.5) is 0 Å². The molecule has 0 aromatic rings. The first-order valence-corrected chi connectivity index (χ1v) is 3.16. The SMILES string of the molecule is C[C@@H]1OC[C@H](CO)[C@H]1O. The van der Waals surface area contributed by atoms with E-state index in [9.17, 15) is 5.11 Å². The molecule has 1 rings (SSSR count). The number of hydrogen-bond donors (Lipinski definition) is 2. The predicted octanol–water partition coefficient (Wildman–Crippen LogP) is -0.626. The van der Waals surface area contributed by atoms with Gasteiger partial charge in [-0.3, -0.25) is 0 Å². The molecular weight excluding hydrogens is 120 g/mol. The Morgan fingerprint density at radius 3 is 2.56 bits per heavy atom. The Bertz CT molecular complexity index is 94.3. The molecule has 0 saturated carbocycles. The third kappa shape index (κ3) is 1.23. The van der Waals surface area contributed by atoms with Crippen molar-refractivity contribution >= 4 is 0 Å². The molecule has 0 radical (unpaired) electrons. The van der Waals surface area contributed by atoms with Crippen molar-refractivity contribution in [3.63, 3.8) is 0 Å². The summed E-state index contributed by atoms with van der Waals surface area (Å²) in [5.74, 6) is -0.0694. The maximum Gasteiger partial charge on any atom is 0.0871 e. The molecule has 9 heavy (non-hydrogen) atoms. The van der Waals surface area contributed by atoms with Gasteiger partial charge in [-0.1, -0.05) is 0 Å². The monoisotopic (exact) mass is 132 g/mol. The van der Waals surface area contributed by atoms with Crippen molar-refractivity contribution in [1.29, 1.82) is 0 Å². The predicted molar refractivity (Wildman–Crippen MR) is 32.0 cm³/mol. The van der Waals surface area contributed by atoms with Gasteiger partial charge in [0, 0.05) is 5.92 Å². The molecule has 3 nitrogen and oxygen atoms in total. The summed E-state index contributed by atoms with van der Waals surface area (Å²) in [7, 11) is 0. The summed E-state index contributed by atoms with van der Waals surface area (Å²) in [6.45, 7) is 2.31. The van der Waals surface area contributed by atoms with Crippen LogP contribution >= 0.6 is 0 Å². The maximum atomic E-state index is 9.17. The Kier molecular flexibility index (Phi) is 2.05. The third-order valence-corrected chi connectivity index (χ3v) is 1.77. The number of hydrogen-bond acceptors (Lipinski definition) is 3. The molecule has 1 heterocycles. The lowest BCUT2D eigenvalue weighted by Crippen LogP contribution is -2.25. The van der Waals surface area contributed by atoms with Gasteiger partial charge in [0.05, 0.1) is 25.4 Å². The van der Waals surface area contributed by atoms with Crippen molar-refractivity contribution in [2.75, 3.05) is 13.2 Å². The molecule has 0 aromatic carbocycles. The number of ether oxygens (including phenoxy) is 1. The van der Waals surface area contributed by atoms with E-state index in [1.165, 1.54) is 0 Å². The van der Waals surface area contributed by atoms with E-state index in [0.717, 1.165) is 0 Å². The Balaban J connectivity index is 2.41. The van der Waals surface area contributed by atoms with Gasteiger partial charge in [0.1, 0.15) is 0 Å². The Morgan fingerprint density at radius 2 is 2.33 bits per heavy atom. The molecule has 3 atom stereocenters. The zero-order valence-electron chi connectivity index (χ0n) is 5.45. The fourth-order valence-corrected chi connectivity index (χ4v) is 1.02. The van der Waals surface area contributed by atoms with E-state index < -0.39 is 6.10 Å². The van der Waals surface area contributed by atoms with Crippen molar-refractivity contribution in [3.8, 4) is 0 Å². The van der Waals surface area contributed by atoms with Gasteiger partial charge in [0.15, 0.2) is 0 Å².